The molecule has 3 rings (SSSR count). The van der Waals surface area contributed by atoms with Crippen LogP contribution in [-0.4, -0.2) is 27.9 Å². The van der Waals surface area contributed by atoms with E-state index in [-0.39, 0.29) is 29.1 Å². The molecule has 1 fully saturated rings. The average Bonchev–Trinajstić information content (AvgIpc) is 3.18. The first-order chi connectivity index (χ1) is 15.2. The first-order valence-electron chi connectivity index (χ1n) is 10.0. The summed E-state index contributed by atoms with van der Waals surface area (Å²) in [6.45, 7) is 1.54. The minimum atomic E-state index is -6.06. The van der Waals surface area contributed by atoms with Crippen LogP contribution in [0, 0.1) is 5.82 Å². The molecule has 0 radical (unpaired) electrons. The fourth-order valence-corrected chi connectivity index (χ4v) is 4.98. The molecule has 0 aliphatic heterocycles. The summed E-state index contributed by atoms with van der Waals surface area (Å²) in [5, 5.41) is 0.144. The number of benzene rings is 2. The summed E-state index contributed by atoms with van der Waals surface area (Å²) in [7, 11) is -1.03. The molecular formula is C22H23F8NOS. The first-order valence-corrected chi connectivity index (χ1v) is 11.3. The molecule has 2 N–H and O–H groups in total. The number of hydrogen-bond acceptors (Lipinski definition) is 2. The maximum absolute atomic E-state index is 13.6. The van der Waals surface area contributed by atoms with Crippen molar-refractivity contribution in [2.45, 2.75) is 66.8 Å². The Morgan fingerprint density at radius 3 is 1.97 bits per heavy atom. The summed E-state index contributed by atoms with van der Waals surface area (Å²) in [6, 6.07) is 9.44. The third kappa shape index (κ3) is 6.32. The molecule has 0 spiro atoms. The number of rotatable bonds is 4. The molecule has 3 unspecified atom stereocenters. The molecule has 2 nitrogen and oxygen atoms in total. The molecule has 0 bridgehead atoms. The lowest BCUT2D eigenvalue weighted by molar-refractivity contribution is -0.348. The van der Waals surface area contributed by atoms with Gasteiger partial charge in [0.25, 0.3) is 0 Å². The minimum Gasteiger partial charge on any atom is -0.328 e. The average molecular weight is 501 g/mol. The van der Waals surface area contributed by atoms with Gasteiger partial charge in [0.05, 0.1) is 10.8 Å². The van der Waals surface area contributed by atoms with E-state index in [4.69, 9.17) is 5.73 Å². The molecule has 0 saturated heterocycles. The Morgan fingerprint density at radius 1 is 0.939 bits per heavy atom. The van der Waals surface area contributed by atoms with Crippen molar-refractivity contribution in [3.05, 3.63) is 65.5 Å². The van der Waals surface area contributed by atoms with E-state index < -0.39 is 34.4 Å². The highest BCUT2D eigenvalue weighted by Gasteiger charge is 2.73. The maximum atomic E-state index is 13.6. The first kappa shape index (κ1) is 27.2. The summed E-state index contributed by atoms with van der Waals surface area (Å²) in [6.07, 6.45) is -9.25. The number of hydrogen-bond donors (Lipinski definition) is 1. The summed E-state index contributed by atoms with van der Waals surface area (Å²) in [5.41, 5.74) is -0.817. The molecule has 33 heavy (non-hydrogen) atoms. The second-order valence-electron chi connectivity index (χ2n) is 7.65. The van der Waals surface area contributed by atoms with Gasteiger partial charge in [-0.1, -0.05) is 31.2 Å². The van der Waals surface area contributed by atoms with Crippen molar-refractivity contribution in [2.75, 3.05) is 0 Å². The Hall–Kier alpha value is -2.01. The lowest BCUT2D eigenvalue weighted by atomic mass is 9.92. The van der Waals surface area contributed by atoms with Crippen LogP contribution in [0.5, 0.6) is 0 Å². The van der Waals surface area contributed by atoms with Crippen LogP contribution in [0.2, 0.25) is 0 Å². The number of halogens is 8. The number of aryl methyl sites for hydroxylation is 1. The smallest absolute Gasteiger partial charge is 0.328 e. The van der Waals surface area contributed by atoms with Gasteiger partial charge in [-0.05, 0) is 55.5 Å². The minimum absolute atomic E-state index is 0.144. The van der Waals surface area contributed by atoms with E-state index in [1.165, 1.54) is 18.2 Å². The van der Waals surface area contributed by atoms with Crippen LogP contribution >= 0.6 is 0 Å². The second-order valence-corrected chi connectivity index (χ2v) is 9.39. The molecule has 1 saturated carbocycles. The molecule has 11 heteroatoms. The van der Waals surface area contributed by atoms with Crippen LogP contribution in [0.1, 0.15) is 37.3 Å². The van der Waals surface area contributed by atoms with Crippen LogP contribution in [0.25, 0.3) is 0 Å². The third-order valence-corrected chi connectivity index (χ3v) is 7.06. The van der Waals surface area contributed by atoms with Gasteiger partial charge in [0.2, 0.25) is 0 Å². The van der Waals surface area contributed by atoms with Crippen molar-refractivity contribution in [3.63, 3.8) is 0 Å². The van der Waals surface area contributed by atoms with E-state index in [9.17, 15) is 39.3 Å². The van der Waals surface area contributed by atoms with E-state index in [1.807, 2.05) is 0 Å². The quantitative estimate of drug-likeness (QED) is 0.496. The zero-order valence-electron chi connectivity index (χ0n) is 17.5. The zero-order valence-corrected chi connectivity index (χ0v) is 18.3. The van der Waals surface area contributed by atoms with Crippen molar-refractivity contribution >= 4 is 10.8 Å². The molecule has 0 amide bonds. The van der Waals surface area contributed by atoms with Gasteiger partial charge < -0.3 is 5.73 Å². The van der Waals surface area contributed by atoms with Crippen molar-refractivity contribution in [2.24, 2.45) is 5.73 Å². The van der Waals surface area contributed by atoms with Gasteiger partial charge in [-0.3, -0.25) is 4.21 Å². The molecule has 2 aromatic carbocycles. The SMILES string of the molecule is CCc1cccc(C(F)(C(F)(F)F)C(F)(F)F)c1.NC1CCC(S(=O)c2ccc(F)cc2)C1. The van der Waals surface area contributed by atoms with Crippen molar-refractivity contribution < 1.29 is 39.3 Å². The van der Waals surface area contributed by atoms with Crippen molar-refractivity contribution in [1.29, 1.82) is 0 Å². The van der Waals surface area contributed by atoms with Crippen LogP contribution in [0.3, 0.4) is 0 Å². The van der Waals surface area contributed by atoms with Crippen LogP contribution in [0.4, 0.5) is 35.1 Å². The zero-order chi connectivity index (χ0) is 25.0. The number of alkyl halides is 7. The molecule has 0 heterocycles. The van der Waals surface area contributed by atoms with Gasteiger partial charge in [0, 0.05) is 21.8 Å². The largest absolute Gasteiger partial charge is 0.435 e. The molecule has 1 aliphatic rings. The standard InChI is InChI=1S/C11H9F7.C11H14FNOS/c1-2-7-4-3-5-8(6-7)9(12,10(13,14)15)11(16,17)18;12-8-1-4-10(5-2-8)15(14)11-6-3-9(13)7-11/h3-6H,2H2,1H3;1-2,4-5,9,11H,3,6-7,13H2. The highest BCUT2D eigenvalue weighted by atomic mass is 32.2. The Bertz CT molecular complexity index is 929. The molecular weight excluding hydrogens is 478 g/mol. The lowest BCUT2D eigenvalue weighted by Crippen LogP contribution is -2.50. The normalized spacial score (nSPS) is 20.2. The van der Waals surface area contributed by atoms with Crippen molar-refractivity contribution in [1.82, 2.24) is 0 Å². The lowest BCUT2D eigenvalue weighted by Gasteiger charge is -2.30. The van der Waals surface area contributed by atoms with Gasteiger partial charge in [-0.15, -0.1) is 0 Å². The van der Waals surface area contributed by atoms with Gasteiger partial charge in [-0.25, -0.2) is 8.78 Å². The molecule has 184 valence electrons. The summed E-state index contributed by atoms with van der Waals surface area (Å²) < 4.78 is 113. The van der Waals surface area contributed by atoms with Crippen LogP contribution in [0.15, 0.2) is 53.4 Å². The molecule has 1 aliphatic carbocycles. The van der Waals surface area contributed by atoms with Gasteiger partial charge in [0.1, 0.15) is 5.82 Å². The Kier molecular flexibility index (Phi) is 8.67. The van der Waals surface area contributed by atoms with E-state index in [0.717, 1.165) is 25.3 Å². The summed E-state index contributed by atoms with van der Waals surface area (Å²) in [5.74, 6) is -0.293. The molecule has 3 atom stereocenters. The topological polar surface area (TPSA) is 43.1 Å². The van der Waals surface area contributed by atoms with E-state index in [2.05, 4.69) is 0 Å². The highest BCUT2D eigenvalue weighted by Crippen LogP contribution is 2.53. The highest BCUT2D eigenvalue weighted by molar-refractivity contribution is 7.85. The second kappa shape index (κ2) is 10.5. The Labute approximate surface area is 188 Å². The Balaban J connectivity index is 0.000000237. The van der Waals surface area contributed by atoms with Crippen LogP contribution < -0.4 is 5.73 Å². The predicted octanol–water partition coefficient (Wildman–Crippen LogP) is 6.35. The number of nitrogens with two attached hydrogens (primary N) is 1. The van der Waals surface area contributed by atoms with E-state index >= 15 is 0 Å². The maximum Gasteiger partial charge on any atom is 0.435 e. The van der Waals surface area contributed by atoms with Crippen LogP contribution in [-0.2, 0) is 22.9 Å². The molecule has 0 aromatic heterocycles. The Morgan fingerprint density at radius 2 is 1.52 bits per heavy atom. The van der Waals surface area contributed by atoms with Crippen molar-refractivity contribution in [3.8, 4) is 0 Å². The monoisotopic (exact) mass is 501 g/mol. The third-order valence-electron chi connectivity index (χ3n) is 5.29. The van der Waals surface area contributed by atoms with Gasteiger partial charge in [0.15, 0.2) is 0 Å². The van der Waals surface area contributed by atoms with E-state index in [0.29, 0.717) is 17.0 Å². The fourth-order valence-electron chi connectivity index (χ4n) is 3.42. The van der Waals surface area contributed by atoms with Gasteiger partial charge >= 0.3 is 18.0 Å². The van der Waals surface area contributed by atoms with E-state index in [1.54, 1.807) is 19.1 Å². The predicted molar refractivity (Wildman–Crippen MR) is 109 cm³/mol. The summed E-state index contributed by atoms with van der Waals surface area (Å²) >= 11 is 0. The fraction of sp³-hybridized carbons (Fsp3) is 0.455. The van der Waals surface area contributed by atoms with Gasteiger partial charge in [-0.2, -0.15) is 26.3 Å². The summed E-state index contributed by atoms with van der Waals surface area (Å²) in [4.78, 5) is 0.704. The molecule has 2 aromatic rings.